The molecule has 8 atom stereocenters. The first-order chi connectivity index (χ1) is 20.9. The van der Waals surface area contributed by atoms with Crippen LogP contribution in [0.25, 0.3) is 0 Å². The Morgan fingerprint density at radius 2 is 1.80 bits per heavy atom. The third-order valence-electron chi connectivity index (χ3n) is 10.4. The normalized spacial score (nSPS) is 38.3. The van der Waals surface area contributed by atoms with Gasteiger partial charge >= 0.3 is 5.97 Å². The highest BCUT2D eigenvalue weighted by molar-refractivity contribution is 6.04. The second-order valence-electron chi connectivity index (χ2n) is 13.3. The largest absolute Gasteiger partial charge is 0.508 e. The molecule has 2 saturated heterocycles. The van der Waals surface area contributed by atoms with Crippen molar-refractivity contribution in [2.75, 3.05) is 6.61 Å². The molecule has 2 heterocycles. The quantitative estimate of drug-likeness (QED) is 0.348. The number of phenols is 1. The predicted molar refractivity (Wildman–Crippen MR) is 160 cm³/mol. The van der Waals surface area contributed by atoms with E-state index in [1.165, 1.54) is 12.1 Å². The molecule has 5 aliphatic rings. The number of benzene rings is 2. The van der Waals surface area contributed by atoms with Crippen molar-refractivity contribution < 1.29 is 38.7 Å². The minimum Gasteiger partial charge on any atom is -0.508 e. The Bertz CT molecular complexity index is 1590. The maximum Gasteiger partial charge on any atom is 0.310 e. The number of hydrogen-bond donors (Lipinski definition) is 2. The molecule has 8 nitrogen and oxygen atoms in total. The summed E-state index contributed by atoms with van der Waals surface area (Å²) < 4.78 is 26.5. The highest BCUT2D eigenvalue weighted by atomic mass is 16.9. The molecule has 0 amide bonds. The minimum absolute atomic E-state index is 0.00446. The van der Waals surface area contributed by atoms with E-state index in [1.54, 1.807) is 19.1 Å². The number of aliphatic hydroxyl groups is 1. The van der Waals surface area contributed by atoms with Gasteiger partial charge in [0.25, 0.3) is 5.97 Å². The lowest BCUT2D eigenvalue weighted by Gasteiger charge is -2.59. The Balaban J connectivity index is 1.29. The van der Waals surface area contributed by atoms with Gasteiger partial charge in [0.15, 0.2) is 5.78 Å². The van der Waals surface area contributed by atoms with Crippen LogP contribution in [0.4, 0.5) is 0 Å². The lowest BCUT2D eigenvalue weighted by atomic mass is 9.55. The molecule has 3 bridgehead atoms. The van der Waals surface area contributed by atoms with Gasteiger partial charge in [-0.1, -0.05) is 68.1 Å². The molecular weight excluding hydrogens is 560 g/mol. The lowest BCUT2D eigenvalue weighted by molar-refractivity contribution is -0.421. The first kappa shape index (κ1) is 29.2. The van der Waals surface area contributed by atoms with Crippen LogP contribution in [0, 0.1) is 17.8 Å². The Morgan fingerprint density at radius 3 is 2.50 bits per heavy atom. The zero-order valence-corrected chi connectivity index (χ0v) is 25.2. The van der Waals surface area contributed by atoms with Gasteiger partial charge < -0.3 is 29.2 Å². The van der Waals surface area contributed by atoms with Crippen LogP contribution in [0.3, 0.4) is 0 Å². The Hall–Kier alpha value is -3.56. The van der Waals surface area contributed by atoms with E-state index in [9.17, 15) is 19.8 Å². The van der Waals surface area contributed by atoms with Crippen molar-refractivity contribution in [2.45, 2.75) is 75.3 Å². The van der Waals surface area contributed by atoms with Crippen LogP contribution in [-0.4, -0.2) is 57.5 Å². The summed E-state index contributed by atoms with van der Waals surface area (Å²) in [6, 6.07) is 16.2. The van der Waals surface area contributed by atoms with Crippen LogP contribution < -0.4 is 0 Å². The fourth-order valence-electron chi connectivity index (χ4n) is 8.49. The summed E-state index contributed by atoms with van der Waals surface area (Å²) in [6.45, 7) is 10.0. The molecule has 2 N–H and O–H groups in total. The molecule has 2 aliphatic heterocycles. The number of carbonyl (C=O) groups excluding carboxylic acids is 2. The van der Waals surface area contributed by atoms with Crippen molar-refractivity contribution in [3.63, 3.8) is 0 Å². The van der Waals surface area contributed by atoms with Crippen LogP contribution in [0.2, 0.25) is 0 Å². The van der Waals surface area contributed by atoms with Gasteiger partial charge in [0, 0.05) is 18.3 Å². The van der Waals surface area contributed by atoms with Crippen LogP contribution in [-0.2, 0) is 41.4 Å². The Morgan fingerprint density at radius 1 is 1.07 bits per heavy atom. The molecule has 0 spiro atoms. The number of Topliss-reactive ketones (excluding diaryl/α,β-unsaturated/α-hetero) is 1. The smallest absolute Gasteiger partial charge is 0.310 e. The van der Waals surface area contributed by atoms with Gasteiger partial charge in [-0.25, -0.2) is 0 Å². The second-order valence-corrected chi connectivity index (χ2v) is 13.3. The van der Waals surface area contributed by atoms with Gasteiger partial charge in [-0.05, 0) is 66.2 Å². The van der Waals surface area contributed by atoms with E-state index in [0.717, 1.165) is 11.1 Å². The first-order valence-corrected chi connectivity index (χ1v) is 15.3. The number of esters is 1. The summed E-state index contributed by atoms with van der Waals surface area (Å²) in [5.74, 6) is -3.37. The van der Waals surface area contributed by atoms with E-state index < -0.39 is 46.7 Å². The average molecular weight is 599 g/mol. The maximum absolute atomic E-state index is 13.7. The summed E-state index contributed by atoms with van der Waals surface area (Å²) in [4.78, 5) is 26.6. The van der Waals surface area contributed by atoms with Crippen molar-refractivity contribution in [3.05, 3.63) is 101 Å². The number of rotatable bonds is 7. The molecule has 3 fully saturated rings. The van der Waals surface area contributed by atoms with Gasteiger partial charge in [0.2, 0.25) is 0 Å². The van der Waals surface area contributed by atoms with Crippen molar-refractivity contribution >= 4 is 11.8 Å². The van der Waals surface area contributed by atoms with Crippen molar-refractivity contribution in [2.24, 2.45) is 17.8 Å². The molecule has 7 rings (SSSR count). The number of hydrogen-bond acceptors (Lipinski definition) is 8. The molecular formula is C36H38O8. The molecule has 44 heavy (non-hydrogen) atoms. The zero-order chi connectivity index (χ0) is 31.1. The van der Waals surface area contributed by atoms with Gasteiger partial charge in [0.05, 0.1) is 18.4 Å². The molecule has 0 radical (unpaired) electrons. The number of ether oxygens (including phenoxy) is 4. The minimum atomic E-state index is -1.78. The van der Waals surface area contributed by atoms with Gasteiger partial charge in [0.1, 0.15) is 29.7 Å². The molecule has 2 aromatic carbocycles. The third-order valence-corrected chi connectivity index (χ3v) is 10.4. The van der Waals surface area contributed by atoms with Gasteiger partial charge in [-0.2, -0.15) is 0 Å². The fraction of sp³-hybridized carbons (Fsp3) is 0.444. The standard InChI is InChI=1S/C36H38O8/c1-21(2)34-17-23(4)36-28(32(34)42-35(43-34,44-36)19-25-8-6-5-7-9-25)15-26(18-33(40)29(36)14-22(3)31(33)39)20-41-30(38)16-24-10-12-27(37)13-11-24/h5-15,23,28-29,32,37,40H,1,16-20H2,2-4H3/t23?,28?,29?,32?,33-,34-,35-,36-/m1/s1. The Kier molecular flexibility index (Phi) is 6.61. The molecule has 3 aliphatic carbocycles. The van der Waals surface area contributed by atoms with E-state index in [1.807, 2.05) is 49.4 Å². The molecule has 0 aromatic heterocycles. The van der Waals surface area contributed by atoms with Gasteiger partial charge in [-0.15, -0.1) is 0 Å². The zero-order valence-electron chi connectivity index (χ0n) is 25.2. The molecule has 4 unspecified atom stereocenters. The summed E-state index contributed by atoms with van der Waals surface area (Å²) in [6.07, 6.45) is 4.28. The van der Waals surface area contributed by atoms with Crippen LogP contribution in [0.5, 0.6) is 5.75 Å². The van der Waals surface area contributed by atoms with Crippen molar-refractivity contribution in [1.82, 2.24) is 0 Å². The van der Waals surface area contributed by atoms with E-state index >= 15 is 0 Å². The highest BCUT2D eigenvalue weighted by Gasteiger charge is 2.79. The number of phenolic OH excluding ortho intramolecular Hbond substituents is 1. The monoisotopic (exact) mass is 598 g/mol. The Labute approximate surface area is 257 Å². The molecule has 2 aromatic rings. The second kappa shape index (κ2) is 9.97. The number of ketones is 1. The molecule has 230 valence electrons. The van der Waals surface area contributed by atoms with Crippen LogP contribution in [0.1, 0.15) is 44.7 Å². The first-order valence-electron chi connectivity index (χ1n) is 15.3. The number of carbonyl (C=O) groups is 2. The summed E-state index contributed by atoms with van der Waals surface area (Å²) in [7, 11) is 0. The molecule has 1 saturated carbocycles. The number of fused-ring (bicyclic) bond motifs is 2. The summed E-state index contributed by atoms with van der Waals surface area (Å²) >= 11 is 0. The maximum atomic E-state index is 13.7. The fourth-order valence-corrected chi connectivity index (χ4v) is 8.49. The van der Waals surface area contributed by atoms with Crippen LogP contribution >= 0.6 is 0 Å². The topological polar surface area (TPSA) is 112 Å². The SMILES string of the molecule is C=C(C)[C@]12CC(C)[C@@]34O[C@](Cc5ccccc5)(OC1C3C=C(COC(=O)Cc1ccc(O)cc1)C[C@]1(O)C(=O)C(C)=CC41)O2. The van der Waals surface area contributed by atoms with Crippen LogP contribution in [0.15, 0.2) is 90.0 Å². The predicted octanol–water partition coefficient (Wildman–Crippen LogP) is 4.74. The van der Waals surface area contributed by atoms with Crippen molar-refractivity contribution in [3.8, 4) is 5.75 Å². The number of aromatic hydroxyl groups is 1. The lowest BCUT2D eigenvalue weighted by Crippen LogP contribution is -2.70. The van der Waals surface area contributed by atoms with E-state index in [0.29, 0.717) is 29.6 Å². The van der Waals surface area contributed by atoms with E-state index in [2.05, 4.69) is 13.5 Å². The summed E-state index contributed by atoms with van der Waals surface area (Å²) in [5, 5.41) is 21.9. The highest BCUT2D eigenvalue weighted by Crippen LogP contribution is 2.68. The average Bonchev–Trinajstić information content (AvgIpc) is 3.29. The molecule has 8 heteroatoms. The van der Waals surface area contributed by atoms with Crippen molar-refractivity contribution in [1.29, 1.82) is 0 Å². The summed E-state index contributed by atoms with van der Waals surface area (Å²) in [5.41, 5.74) is -0.0509. The van der Waals surface area contributed by atoms with Gasteiger partial charge in [-0.3, -0.25) is 9.59 Å². The van der Waals surface area contributed by atoms with E-state index in [-0.39, 0.29) is 36.9 Å². The third kappa shape index (κ3) is 4.19. The van der Waals surface area contributed by atoms with E-state index in [4.69, 9.17) is 18.9 Å².